The minimum absolute atomic E-state index is 1.02. The van der Waals surface area contributed by atoms with Gasteiger partial charge in [0.05, 0.1) is 0 Å². The summed E-state index contributed by atoms with van der Waals surface area (Å²) in [6.07, 6.45) is 1.83. The van der Waals surface area contributed by atoms with Crippen LogP contribution in [-0.4, -0.2) is 12.5 Å². The molecule has 0 bridgehead atoms. The third-order valence-corrected chi connectivity index (χ3v) is 1.77. The van der Waals surface area contributed by atoms with Gasteiger partial charge in [0.2, 0.25) is 0 Å². The van der Waals surface area contributed by atoms with Crippen LogP contribution < -0.4 is 0 Å². The van der Waals surface area contributed by atoms with Gasteiger partial charge in [-0.15, -0.1) is 0 Å². The van der Waals surface area contributed by atoms with Crippen LogP contribution in [0.3, 0.4) is 0 Å². The van der Waals surface area contributed by atoms with Crippen LogP contribution in [0.25, 0.3) is 6.08 Å². The molecule has 0 aliphatic rings. The van der Waals surface area contributed by atoms with Crippen molar-refractivity contribution in [2.24, 2.45) is 0 Å². The maximum atomic E-state index is 8.36. The van der Waals surface area contributed by atoms with Crippen molar-refractivity contribution in [2.45, 2.75) is 0 Å². The number of hydrogen-bond acceptors (Lipinski definition) is 1. The van der Waals surface area contributed by atoms with Crippen LogP contribution in [0.2, 0.25) is 0 Å². The quantitative estimate of drug-likeness (QED) is 0.740. The van der Waals surface area contributed by atoms with E-state index in [2.05, 4.69) is 15.9 Å². The predicted molar refractivity (Wildman–Crippen MR) is 51.1 cm³/mol. The Morgan fingerprint density at radius 2 is 1.91 bits per heavy atom. The first-order chi connectivity index (χ1) is 5.33. The summed E-state index contributed by atoms with van der Waals surface area (Å²) in [7, 11) is 1.02. The van der Waals surface area contributed by atoms with Crippen molar-refractivity contribution < 1.29 is 5.02 Å². The standard InChI is InChI=1S/C8H7BBrO/c10-8-3-1-7(2-4-8)5-6-9-11/h1-6,11H/b6-5+. The Morgan fingerprint density at radius 3 is 2.45 bits per heavy atom. The van der Waals surface area contributed by atoms with Crippen LogP contribution in [0, 0.1) is 0 Å². The lowest BCUT2D eigenvalue weighted by molar-refractivity contribution is 0.615. The second kappa shape index (κ2) is 4.37. The third kappa shape index (κ3) is 2.91. The molecule has 3 heteroatoms. The Labute approximate surface area is 75.2 Å². The minimum Gasteiger partial charge on any atom is -0.450 e. The summed E-state index contributed by atoms with van der Waals surface area (Å²) in [5.74, 6) is 1.59. The van der Waals surface area contributed by atoms with Crippen molar-refractivity contribution in [1.82, 2.24) is 0 Å². The average molecular weight is 210 g/mol. The van der Waals surface area contributed by atoms with E-state index in [1.165, 1.54) is 0 Å². The van der Waals surface area contributed by atoms with Crippen molar-refractivity contribution >= 4 is 29.5 Å². The van der Waals surface area contributed by atoms with Gasteiger partial charge in [0.25, 0.3) is 0 Å². The first-order valence-electron chi connectivity index (χ1n) is 3.22. The van der Waals surface area contributed by atoms with Crippen LogP contribution >= 0.6 is 15.9 Å². The van der Waals surface area contributed by atoms with Crippen molar-refractivity contribution in [2.75, 3.05) is 0 Å². The summed E-state index contributed by atoms with van der Waals surface area (Å²) in [5, 5.41) is 8.36. The van der Waals surface area contributed by atoms with Crippen LogP contribution in [0.1, 0.15) is 5.56 Å². The van der Waals surface area contributed by atoms with Gasteiger partial charge in [-0.3, -0.25) is 0 Å². The Kier molecular flexibility index (Phi) is 3.40. The van der Waals surface area contributed by atoms with Crippen molar-refractivity contribution in [3.63, 3.8) is 0 Å². The van der Waals surface area contributed by atoms with E-state index in [1.54, 1.807) is 5.98 Å². The SMILES string of the molecule is O[B]/C=C/c1ccc(Br)cc1. The van der Waals surface area contributed by atoms with Crippen molar-refractivity contribution in [1.29, 1.82) is 0 Å². The molecule has 0 amide bonds. The average Bonchev–Trinajstić information content (AvgIpc) is 2.04. The highest BCUT2D eigenvalue weighted by atomic mass is 79.9. The molecular formula is C8H7BBrO. The predicted octanol–water partition coefficient (Wildman–Crippen LogP) is 2.03. The molecule has 0 aliphatic carbocycles. The zero-order chi connectivity index (χ0) is 8.10. The lowest BCUT2D eigenvalue weighted by atomic mass is 10.0. The molecule has 0 heterocycles. The highest BCUT2D eigenvalue weighted by molar-refractivity contribution is 9.10. The van der Waals surface area contributed by atoms with E-state index in [0.29, 0.717) is 0 Å². The normalized spacial score (nSPS) is 10.4. The monoisotopic (exact) mass is 209 g/mol. The number of rotatable bonds is 2. The fraction of sp³-hybridized carbons (Fsp3) is 0. The Bertz CT molecular complexity index is 243. The van der Waals surface area contributed by atoms with Gasteiger partial charge in [-0.2, -0.15) is 0 Å². The van der Waals surface area contributed by atoms with Crippen LogP contribution in [-0.2, 0) is 0 Å². The summed E-state index contributed by atoms with van der Waals surface area (Å²) < 4.78 is 1.06. The molecule has 0 saturated heterocycles. The number of hydrogen-bond donors (Lipinski definition) is 1. The molecule has 11 heavy (non-hydrogen) atoms. The summed E-state index contributed by atoms with van der Waals surface area (Å²) >= 11 is 3.33. The molecule has 0 atom stereocenters. The van der Waals surface area contributed by atoms with Gasteiger partial charge in [-0.25, -0.2) is 0 Å². The Balaban J connectivity index is 2.73. The highest BCUT2D eigenvalue weighted by Gasteiger charge is 1.85. The van der Waals surface area contributed by atoms with Gasteiger partial charge in [-0.05, 0) is 17.7 Å². The van der Waals surface area contributed by atoms with E-state index in [1.807, 2.05) is 30.3 Å². The number of halogens is 1. The van der Waals surface area contributed by atoms with Gasteiger partial charge in [0.15, 0.2) is 0 Å². The molecule has 55 valence electrons. The molecule has 1 N–H and O–H groups in total. The van der Waals surface area contributed by atoms with Crippen LogP contribution in [0.5, 0.6) is 0 Å². The van der Waals surface area contributed by atoms with Crippen LogP contribution in [0.15, 0.2) is 34.7 Å². The summed E-state index contributed by atoms with van der Waals surface area (Å²) in [6, 6.07) is 7.84. The molecule has 1 aromatic rings. The fourth-order valence-electron chi connectivity index (χ4n) is 0.728. The zero-order valence-electron chi connectivity index (χ0n) is 5.87. The minimum atomic E-state index is 1.02. The summed E-state index contributed by atoms with van der Waals surface area (Å²) in [4.78, 5) is 0. The highest BCUT2D eigenvalue weighted by Crippen LogP contribution is 2.10. The van der Waals surface area contributed by atoms with Gasteiger partial charge in [-0.1, -0.05) is 40.1 Å². The molecule has 0 spiro atoms. The largest absolute Gasteiger partial charge is 0.450 e. The van der Waals surface area contributed by atoms with Crippen LogP contribution in [0.4, 0.5) is 0 Å². The number of benzene rings is 1. The molecule has 0 fully saturated rings. The zero-order valence-corrected chi connectivity index (χ0v) is 7.45. The molecule has 0 aromatic heterocycles. The lowest BCUT2D eigenvalue weighted by Crippen LogP contribution is -1.77. The van der Waals surface area contributed by atoms with E-state index >= 15 is 0 Å². The fourth-order valence-corrected chi connectivity index (χ4v) is 0.992. The smallest absolute Gasteiger partial charge is 0.318 e. The molecule has 0 aliphatic heterocycles. The van der Waals surface area contributed by atoms with Gasteiger partial charge < -0.3 is 5.02 Å². The van der Waals surface area contributed by atoms with E-state index in [-0.39, 0.29) is 0 Å². The first-order valence-corrected chi connectivity index (χ1v) is 4.02. The molecule has 0 unspecified atom stereocenters. The van der Waals surface area contributed by atoms with Gasteiger partial charge in [0, 0.05) is 4.47 Å². The van der Waals surface area contributed by atoms with E-state index < -0.39 is 0 Å². The maximum Gasteiger partial charge on any atom is 0.318 e. The van der Waals surface area contributed by atoms with Crippen molar-refractivity contribution in [3.05, 3.63) is 40.3 Å². The molecule has 1 aromatic carbocycles. The lowest BCUT2D eigenvalue weighted by Gasteiger charge is -1.91. The van der Waals surface area contributed by atoms with E-state index in [9.17, 15) is 0 Å². The topological polar surface area (TPSA) is 20.2 Å². The molecule has 1 rings (SSSR count). The third-order valence-electron chi connectivity index (χ3n) is 1.24. The molecule has 1 nitrogen and oxygen atoms in total. The Morgan fingerprint density at radius 1 is 1.27 bits per heavy atom. The maximum absolute atomic E-state index is 8.36. The molecule has 0 saturated carbocycles. The Hall–Kier alpha value is -0.535. The van der Waals surface area contributed by atoms with Crippen molar-refractivity contribution in [3.8, 4) is 0 Å². The summed E-state index contributed by atoms with van der Waals surface area (Å²) in [5.41, 5.74) is 1.07. The molecule has 1 radical (unpaired) electrons. The van der Waals surface area contributed by atoms with Gasteiger partial charge in [0.1, 0.15) is 0 Å². The van der Waals surface area contributed by atoms with Gasteiger partial charge >= 0.3 is 7.48 Å². The second-order valence-electron chi connectivity index (χ2n) is 2.06. The van der Waals surface area contributed by atoms with E-state index in [0.717, 1.165) is 17.5 Å². The van der Waals surface area contributed by atoms with E-state index in [4.69, 9.17) is 5.02 Å². The summed E-state index contributed by atoms with van der Waals surface area (Å²) in [6.45, 7) is 0. The second-order valence-corrected chi connectivity index (χ2v) is 2.98. The molecular weight excluding hydrogens is 203 g/mol. The first kappa shape index (κ1) is 8.56.